The molecule has 5 nitrogen and oxygen atoms in total. The number of hydrogen-bond acceptors (Lipinski definition) is 3. The molecule has 0 fully saturated rings. The Labute approximate surface area is 132 Å². The van der Waals surface area contributed by atoms with Gasteiger partial charge >= 0.3 is 59.1 Å². The van der Waals surface area contributed by atoms with Crippen LogP contribution in [-0.2, 0) is 0 Å². The molecule has 7 heteroatoms. The average Bonchev–Trinajstić information content (AvgIpc) is 2.12. The topological polar surface area (TPSA) is 91.7 Å². The van der Waals surface area contributed by atoms with Gasteiger partial charge in [-0.15, -0.1) is 0 Å². The van der Waals surface area contributed by atoms with Crippen molar-refractivity contribution in [3.05, 3.63) is 38.9 Å². The first kappa shape index (κ1) is 15.0. The molecule has 1 heterocycles. The Morgan fingerprint density at radius 3 is 2.27 bits per heavy atom. The fraction of sp³-hybridized carbons (Fsp3) is 0. The second-order valence-corrected chi connectivity index (χ2v) is 2.68. The average molecular weight is 225 g/mol. The van der Waals surface area contributed by atoms with Crippen molar-refractivity contribution < 1.29 is 62.0 Å². The monoisotopic (exact) mass is 225 g/mol. The Morgan fingerprint density at radius 1 is 1.07 bits per heavy atom. The van der Waals surface area contributed by atoms with E-state index in [9.17, 15) is 9.59 Å². The standard InChI is InChI=1S/C8H7N3O2.2Na.2H/c9-5-3-1-2-4-6(5)8(13)11-10-7(4)12;;;;/h1-3H,9H2,(H,10,12)(H,11,13);;;;/q;2*+1;2*-1. The van der Waals surface area contributed by atoms with Gasteiger partial charge < -0.3 is 8.59 Å². The number of aromatic nitrogens is 2. The van der Waals surface area contributed by atoms with E-state index in [-0.39, 0.29) is 78.5 Å². The largest absolute Gasteiger partial charge is 1.00 e. The molecule has 4 N–H and O–H groups in total. The van der Waals surface area contributed by atoms with Crippen LogP contribution in [0.1, 0.15) is 2.85 Å². The number of nitrogens with two attached hydrogens (primary N) is 1. The molecule has 15 heavy (non-hydrogen) atoms. The predicted octanol–water partition coefficient (Wildman–Crippen LogP) is -5.97. The van der Waals surface area contributed by atoms with Gasteiger partial charge in [0.25, 0.3) is 11.1 Å². The molecular formula is C8H9N3Na2O2. The van der Waals surface area contributed by atoms with Gasteiger partial charge in [-0.05, 0) is 12.1 Å². The molecule has 0 spiro atoms. The number of aromatic amines is 2. The van der Waals surface area contributed by atoms with Crippen LogP contribution in [0.2, 0.25) is 0 Å². The van der Waals surface area contributed by atoms with Crippen LogP contribution < -0.4 is 76.0 Å². The van der Waals surface area contributed by atoms with Gasteiger partial charge in [-0.1, -0.05) is 6.07 Å². The van der Waals surface area contributed by atoms with E-state index in [0.29, 0.717) is 11.1 Å². The van der Waals surface area contributed by atoms with Crippen LogP contribution in [-0.4, -0.2) is 10.2 Å². The van der Waals surface area contributed by atoms with Gasteiger partial charge in [0.05, 0.1) is 10.8 Å². The van der Waals surface area contributed by atoms with Crippen LogP contribution in [0.15, 0.2) is 27.8 Å². The number of benzene rings is 1. The Morgan fingerprint density at radius 2 is 1.67 bits per heavy atom. The summed E-state index contributed by atoms with van der Waals surface area (Å²) in [5.74, 6) is 0. The van der Waals surface area contributed by atoms with Crippen LogP contribution in [0.3, 0.4) is 0 Å². The minimum absolute atomic E-state index is 0. The van der Waals surface area contributed by atoms with Gasteiger partial charge in [0.15, 0.2) is 0 Å². The minimum atomic E-state index is -0.382. The van der Waals surface area contributed by atoms with Crippen LogP contribution in [0, 0.1) is 0 Å². The molecule has 1 aromatic carbocycles. The first-order valence-corrected chi connectivity index (χ1v) is 3.69. The molecule has 0 aliphatic rings. The number of hydrogen-bond donors (Lipinski definition) is 3. The number of H-pyrrole nitrogens is 2. The second kappa shape index (κ2) is 5.89. The van der Waals surface area contributed by atoms with Crippen molar-refractivity contribution >= 4 is 16.5 Å². The normalized spacial score (nSPS) is 9.07. The zero-order valence-corrected chi connectivity index (χ0v) is 12.6. The van der Waals surface area contributed by atoms with E-state index in [1.165, 1.54) is 0 Å². The summed E-state index contributed by atoms with van der Waals surface area (Å²) in [5.41, 5.74) is 5.14. The molecule has 0 unspecified atom stereocenters. The smallest absolute Gasteiger partial charge is 1.00 e. The minimum Gasteiger partial charge on any atom is -1.00 e. The summed E-state index contributed by atoms with van der Waals surface area (Å²) < 4.78 is 0. The van der Waals surface area contributed by atoms with E-state index in [0.717, 1.165) is 0 Å². The van der Waals surface area contributed by atoms with Crippen molar-refractivity contribution in [1.29, 1.82) is 0 Å². The molecule has 0 bridgehead atoms. The molecule has 0 aliphatic heterocycles. The maximum atomic E-state index is 11.2. The van der Waals surface area contributed by atoms with E-state index in [4.69, 9.17) is 5.73 Å². The third kappa shape index (κ3) is 2.75. The molecule has 70 valence electrons. The molecule has 0 amide bonds. The molecule has 0 atom stereocenters. The maximum Gasteiger partial charge on any atom is 1.00 e. The van der Waals surface area contributed by atoms with Crippen LogP contribution >= 0.6 is 0 Å². The molecule has 0 radical (unpaired) electrons. The number of fused-ring (bicyclic) bond motifs is 1. The first-order chi connectivity index (χ1) is 6.20. The quantitative estimate of drug-likeness (QED) is 0.308. The zero-order valence-electron chi connectivity index (χ0n) is 10.6. The van der Waals surface area contributed by atoms with E-state index < -0.39 is 0 Å². The van der Waals surface area contributed by atoms with E-state index >= 15 is 0 Å². The van der Waals surface area contributed by atoms with Crippen molar-refractivity contribution in [3.63, 3.8) is 0 Å². The molecule has 0 aliphatic carbocycles. The van der Waals surface area contributed by atoms with Gasteiger partial charge in [-0.25, -0.2) is 0 Å². The molecule has 2 aromatic rings. The van der Waals surface area contributed by atoms with E-state index in [1.807, 2.05) is 0 Å². The van der Waals surface area contributed by atoms with Crippen molar-refractivity contribution in [1.82, 2.24) is 10.2 Å². The third-order valence-corrected chi connectivity index (χ3v) is 1.86. The van der Waals surface area contributed by atoms with Crippen molar-refractivity contribution in [3.8, 4) is 0 Å². The third-order valence-electron chi connectivity index (χ3n) is 1.86. The van der Waals surface area contributed by atoms with Crippen LogP contribution in [0.25, 0.3) is 10.8 Å². The summed E-state index contributed by atoms with van der Waals surface area (Å²) in [6.45, 7) is 0. The fourth-order valence-corrected chi connectivity index (χ4v) is 1.26. The summed E-state index contributed by atoms with van der Waals surface area (Å²) in [5, 5.41) is 4.98. The van der Waals surface area contributed by atoms with E-state index in [2.05, 4.69) is 10.2 Å². The number of nitrogens with one attached hydrogen (secondary N) is 2. The Bertz CT molecular complexity index is 585. The summed E-state index contributed by atoms with van der Waals surface area (Å²) >= 11 is 0. The second-order valence-electron chi connectivity index (χ2n) is 2.68. The van der Waals surface area contributed by atoms with Crippen molar-refractivity contribution in [2.24, 2.45) is 0 Å². The predicted molar refractivity (Wildman–Crippen MR) is 51.8 cm³/mol. The first-order valence-electron chi connectivity index (χ1n) is 3.69. The zero-order chi connectivity index (χ0) is 9.42. The molecule has 0 saturated heterocycles. The molecule has 0 saturated carbocycles. The Kier molecular flexibility index (Phi) is 5.87. The van der Waals surface area contributed by atoms with Gasteiger partial charge in [0.2, 0.25) is 0 Å². The van der Waals surface area contributed by atoms with Crippen molar-refractivity contribution in [2.75, 3.05) is 5.73 Å². The maximum absolute atomic E-state index is 11.2. The van der Waals surface area contributed by atoms with Crippen LogP contribution in [0.4, 0.5) is 5.69 Å². The summed E-state index contributed by atoms with van der Waals surface area (Å²) in [4.78, 5) is 22.4. The Balaban J connectivity index is -0.000000490. The summed E-state index contributed by atoms with van der Waals surface area (Å²) in [6.07, 6.45) is 0. The SMILES string of the molecule is Nc1cccc2c(=O)[nH][nH]c(=O)c12.[H-].[H-].[Na+].[Na+]. The van der Waals surface area contributed by atoms with Gasteiger partial charge in [0, 0.05) is 5.69 Å². The van der Waals surface area contributed by atoms with Gasteiger partial charge in [-0.2, -0.15) is 0 Å². The molecular weight excluding hydrogens is 216 g/mol. The van der Waals surface area contributed by atoms with Gasteiger partial charge in [0.1, 0.15) is 0 Å². The fourth-order valence-electron chi connectivity index (χ4n) is 1.26. The number of rotatable bonds is 0. The van der Waals surface area contributed by atoms with Crippen molar-refractivity contribution in [2.45, 2.75) is 0 Å². The number of nitrogen functional groups attached to an aromatic ring is 1. The molecule has 1 aromatic heterocycles. The summed E-state index contributed by atoms with van der Waals surface area (Å²) in [6, 6.07) is 4.77. The van der Waals surface area contributed by atoms with Crippen LogP contribution in [0.5, 0.6) is 0 Å². The molecule has 2 rings (SSSR count). The van der Waals surface area contributed by atoms with Gasteiger partial charge in [-0.3, -0.25) is 19.8 Å². The van der Waals surface area contributed by atoms with E-state index in [1.54, 1.807) is 18.2 Å². The summed E-state index contributed by atoms with van der Waals surface area (Å²) in [7, 11) is 0. The number of anilines is 1. The Hall–Kier alpha value is -0.0400.